The lowest BCUT2D eigenvalue weighted by molar-refractivity contribution is 0.609. The van der Waals surface area contributed by atoms with Crippen molar-refractivity contribution in [3.8, 4) is 0 Å². The average Bonchev–Trinajstić information content (AvgIpc) is 2.60. The first-order chi connectivity index (χ1) is 10.6. The number of halogens is 1. The number of hydrogen-bond acceptors (Lipinski definition) is 4. The lowest BCUT2D eigenvalue weighted by Crippen LogP contribution is -1.93. The van der Waals surface area contributed by atoms with Gasteiger partial charge in [0.05, 0.1) is 12.4 Å². The second-order valence-corrected chi connectivity index (χ2v) is 3.93. The van der Waals surface area contributed by atoms with Crippen molar-refractivity contribution in [2.75, 3.05) is 0 Å². The summed E-state index contributed by atoms with van der Waals surface area (Å²) in [6.45, 7) is 14.1. The minimum absolute atomic E-state index is 0.382. The van der Waals surface area contributed by atoms with Gasteiger partial charge < -0.3 is 0 Å². The molecule has 0 bridgehead atoms. The third-order valence-corrected chi connectivity index (χ3v) is 2.09. The van der Waals surface area contributed by atoms with E-state index in [0.29, 0.717) is 11.7 Å². The first-order valence-corrected chi connectivity index (χ1v) is 7.86. The van der Waals surface area contributed by atoms with E-state index in [1.165, 1.54) is 12.4 Å². The van der Waals surface area contributed by atoms with E-state index in [4.69, 9.17) is 0 Å². The van der Waals surface area contributed by atoms with Crippen molar-refractivity contribution in [2.24, 2.45) is 0 Å². The lowest BCUT2D eigenvalue weighted by atomic mass is 10.2. The fourth-order valence-electron chi connectivity index (χ4n) is 1.13. The third kappa shape index (κ3) is 10.8. The number of nitrogens with zero attached hydrogens (tertiary/aromatic N) is 4. The topological polar surface area (TPSA) is 51.6 Å². The fourth-order valence-corrected chi connectivity index (χ4v) is 1.13. The minimum atomic E-state index is -0.382. The molecule has 0 saturated heterocycles. The van der Waals surface area contributed by atoms with Gasteiger partial charge in [0.1, 0.15) is 11.6 Å². The van der Waals surface area contributed by atoms with E-state index in [1.54, 1.807) is 12.4 Å². The van der Waals surface area contributed by atoms with E-state index >= 15 is 0 Å². The number of aryl methyl sites for hydroxylation is 1. The molecule has 2 aromatic rings. The summed E-state index contributed by atoms with van der Waals surface area (Å²) < 4.78 is 12.1. The second kappa shape index (κ2) is 15.5. The second-order valence-electron chi connectivity index (χ2n) is 3.93. The Hall–Kier alpha value is -1.91. The van der Waals surface area contributed by atoms with E-state index in [0.717, 1.165) is 12.2 Å². The first-order valence-electron chi connectivity index (χ1n) is 7.86. The van der Waals surface area contributed by atoms with E-state index in [-0.39, 0.29) is 5.82 Å². The van der Waals surface area contributed by atoms with E-state index in [2.05, 4.69) is 33.8 Å². The summed E-state index contributed by atoms with van der Waals surface area (Å²) in [4.78, 5) is 15.6. The maximum Gasteiger partial charge on any atom is 0.159 e. The largest absolute Gasteiger partial charge is 0.241 e. The van der Waals surface area contributed by atoms with Crippen LogP contribution in [0.1, 0.15) is 66.0 Å². The average molecular weight is 308 g/mol. The Morgan fingerprint density at radius 1 is 0.909 bits per heavy atom. The van der Waals surface area contributed by atoms with Gasteiger partial charge in [-0.05, 0) is 6.07 Å². The highest BCUT2D eigenvalue weighted by Crippen LogP contribution is 2.04. The van der Waals surface area contributed by atoms with Gasteiger partial charge in [0, 0.05) is 24.7 Å². The molecule has 0 aromatic carbocycles. The smallest absolute Gasteiger partial charge is 0.159 e. The summed E-state index contributed by atoms with van der Waals surface area (Å²) in [5, 5.41) is 0. The van der Waals surface area contributed by atoms with E-state index in [1.807, 2.05) is 40.7 Å². The van der Waals surface area contributed by atoms with Crippen molar-refractivity contribution in [1.29, 1.82) is 0 Å². The molecule has 0 unspecified atom stereocenters. The molecule has 0 spiro atoms. The Kier molecular flexibility index (Phi) is 15.7. The Morgan fingerprint density at radius 3 is 1.68 bits per heavy atom. The van der Waals surface area contributed by atoms with Gasteiger partial charge in [-0.25, -0.2) is 24.3 Å². The van der Waals surface area contributed by atoms with Crippen LogP contribution in [0, 0.1) is 5.82 Å². The Balaban J connectivity index is 0. The molecule has 2 rings (SSSR count). The number of hydrogen-bond donors (Lipinski definition) is 0. The van der Waals surface area contributed by atoms with Crippen molar-refractivity contribution >= 4 is 0 Å². The summed E-state index contributed by atoms with van der Waals surface area (Å²) in [6, 6.07) is 1.83. The molecular weight excluding hydrogens is 279 g/mol. The van der Waals surface area contributed by atoms with Crippen LogP contribution in [0.25, 0.3) is 0 Å². The van der Waals surface area contributed by atoms with Gasteiger partial charge in [-0.15, -0.1) is 0 Å². The van der Waals surface area contributed by atoms with Crippen molar-refractivity contribution < 1.29 is 4.39 Å². The predicted molar refractivity (Wildman–Crippen MR) is 90.2 cm³/mol. The molecule has 22 heavy (non-hydrogen) atoms. The van der Waals surface area contributed by atoms with Gasteiger partial charge in [0.2, 0.25) is 0 Å². The lowest BCUT2D eigenvalue weighted by Gasteiger charge is -1.98. The number of rotatable bonds is 2. The zero-order chi connectivity index (χ0) is 17.4. The van der Waals surface area contributed by atoms with Crippen molar-refractivity contribution in [3.05, 3.63) is 48.3 Å². The van der Waals surface area contributed by atoms with Crippen molar-refractivity contribution in [1.82, 2.24) is 19.9 Å². The van der Waals surface area contributed by atoms with Crippen LogP contribution in [0.15, 0.2) is 30.9 Å². The molecule has 0 aliphatic rings. The van der Waals surface area contributed by atoms with Gasteiger partial charge in [-0.2, -0.15) is 0 Å². The molecule has 0 N–H and O–H groups in total. The van der Waals surface area contributed by atoms with Gasteiger partial charge in [0.25, 0.3) is 0 Å². The zero-order valence-corrected chi connectivity index (χ0v) is 14.8. The van der Waals surface area contributed by atoms with Crippen LogP contribution >= 0.6 is 0 Å². The summed E-state index contributed by atoms with van der Waals surface area (Å²) >= 11 is 0. The quantitative estimate of drug-likeness (QED) is 0.797. The molecule has 0 radical (unpaired) electrons. The van der Waals surface area contributed by atoms with Crippen molar-refractivity contribution in [2.45, 2.75) is 60.8 Å². The van der Waals surface area contributed by atoms with Crippen LogP contribution in [0.4, 0.5) is 4.39 Å². The SMILES string of the molecule is CC.CC.CC(C)c1ncccn1.CCc1ncc(F)cn1. The molecule has 0 fully saturated rings. The predicted octanol–water partition coefficient (Wildman–Crippen LogP) is 4.83. The molecule has 0 atom stereocenters. The van der Waals surface area contributed by atoms with Crippen LogP contribution in [-0.2, 0) is 6.42 Å². The van der Waals surface area contributed by atoms with Gasteiger partial charge in [0.15, 0.2) is 5.82 Å². The Labute approximate surface area is 134 Å². The standard InChI is InChI=1S/C7H10N2.C6H7FN2.2C2H6/c1-6(2)7-8-4-3-5-9-7;1-2-6-8-3-5(7)4-9-6;2*1-2/h3-6H,1-2H3;3-4H,2H2,1H3;2*1-2H3. The molecule has 2 aromatic heterocycles. The normalized spacial score (nSPS) is 8.59. The Morgan fingerprint density at radius 2 is 1.36 bits per heavy atom. The molecule has 4 nitrogen and oxygen atoms in total. The van der Waals surface area contributed by atoms with Crippen LogP contribution in [0.2, 0.25) is 0 Å². The first kappa shape index (κ1) is 22.4. The molecule has 0 amide bonds. The maximum absolute atomic E-state index is 12.1. The summed E-state index contributed by atoms with van der Waals surface area (Å²) in [5.41, 5.74) is 0. The highest BCUT2D eigenvalue weighted by Gasteiger charge is 1.97. The molecule has 0 aliphatic carbocycles. The van der Waals surface area contributed by atoms with Crippen LogP contribution in [0.5, 0.6) is 0 Å². The summed E-state index contributed by atoms with van der Waals surface area (Å²) in [5.74, 6) is 1.65. The van der Waals surface area contributed by atoms with Crippen LogP contribution in [0.3, 0.4) is 0 Å². The fraction of sp³-hybridized carbons (Fsp3) is 0.529. The van der Waals surface area contributed by atoms with Gasteiger partial charge >= 0.3 is 0 Å². The summed E-state index contributed by atoms with van der Waals surface area (Å²) in [6.07, 6.45) is 6.63. The molecular formula is C17H29FN4. The molecule has 0 saturated carbocycles. The molecule has 5 heteroatoms. The molecule has 2 heterocycles. The maximum atomic E-state index is 12.1. The van der Waals surface area contributed by atoms with Gasteiger partial charge in [-0.1, -0.05) is 48.5 Å². The monoisotopic (exact) mass is 308 g/mol. The van der Waals surface area contributed by atoms with E-state index in [9.17, 15) is 4.39 Å². The molecule has 0 aliphatic heterocycles. The third-order valence-electron chi connectivity index (χ3n) is 2.09. The minimum Gasteiger partial charge on any atom is -0.241 e. The highest BCUT2D eigenvalue weighted by molar-refractivity contribution is 4.92. The van der Waals surface area contributed by atoms with Crippen molar-refractivity contribution in [3.63, 3.8) is 0 Å². The molecule has 124 valence electrons. The number of aromatic nitrogens is 4. The van der Waals surface area contributed by atoms with Gasteiger partial charge in [-0.3, -0.25) is 0 Å². The van der Waals surface area contributed by atoms with Crippen LogP contribution in [-0.4, -0.2) is 19.9 Å². The summed E-state index contributed by atoms with van der Waals surface area (Å²) in [7, 11) is 0. The highest BCUT2D eigenvalue weighted by atomic mass is 19.1. The van der Waals surface area contributed by atoms with E-state index < -0.39 is 0 Å². The Bertz CT molecular complexity index is 444. The zero-order valence-electron chi connectivity index (χ0n) is 14.8. The van der Waals surface area contributed by atoms with Crippen LogP contribution < -0.4 is 0 Å².